The SMILES string of the molecule is CC(C)(CNC(=O)c1cc(Cl)sc1Cl)C(=O)O. The minimum Gasteiger partial charge on any atom is -0.481 e. The van der Waals surface area contributed by atoms with Gasteiger partial charge in [-0.1, -0.05) is 23.2 Å². The van der Waals surface area contributed by atoms with Gasteiger partial charge in [-0.2, -0.15) is 0 Å². The van der Waals surface area contributed by atoms with Gasteiger partial charge in [-0.15, -0.1) is 11.3 Å². The van der Waals surface area contributed by atoms with Gasteiger partial charge in [-0.25, -0.2) is 0 Å². The van der Waals surface area contributed by atoms with Gasteiger partial charge < -0.3 is 10.4 Å². The zero-order chi connectivity index (χ0) is 13.2. The van der Waals surface area contributed by atoms with Crippen LogP contribution < -0.4 is 5.32 Å². The molecule has 0 saturated carbocycles. The lowest BCUT2D eigenvalue weighted by molar-refractivity contribution is -0.146. The number of hydrogen-bond acceptors (Lipinski definition) is 3. The van der Waals surface area contributed by atoms with Gasteiger partial charge in [0.2, 0.25) is 0 Å². The van der Waals surface area contributed by atoms with Crippen LogP contribution in [-0.2, 0) is 4.79 Å². The minimum absolute atomic E-state index is 0.0188. The summed E-state index contributed by atoms with van der Waals surface area (Å²) in [4.78, 5) is 22.6. The summed E-state index contributed by atoms with van der Waals surface area (Å²) in [7, 11) is 0. The van der Waals surface area contributed by atoms with Crippen molar-refractivity contribution in [3.8, 4) is 0 Å². The topological polar surface area (TPSA) is 66.4 Å². The molecular weight excluding hydrogens is 285 g/mol. The van der Waals surface area contributed by atoms with Crippen LogP contribution in [0.5, 0.6) is 0 Å². The summed E-state index contributed by atoms with van der Waals surface area (Å²) >= 11 is 12.6. The van der Waals surface area contributed by atoms with E-state index in [1.807, 2.05) is 0 Å². The monoisotopic (exact) mass is 295 g/mol. The molecule has 1 aromatic rings. The van der Waals surface area contributed by atoms with E-state index in [1.165, 1.54) is 19.9 Å². The highest BCUT2D eigenvalue weighted by Gasteiger charge is 2.28. The molecule has 94 valence electrons. The lowest BCUT2D eigenvalue weighted by Crippen LogP contribution is -2.38. The molecule has 0 unspecified atom stereocenters. The maximum absolute atomic E-state index is 11.7. The van der Waals surface area contributed by atoms with Crippen LogP contribution in [0.2, 0.25) is 8.67 Å². The number of rotatable bonds is 4. The molecule has 0 aromatic carbocycles. The molecule has 0 aliphatic carbocycles. The van der Waals surface area contributed by atoms with E-state index in [4.69, 9.17) is 28.3 Å². The Morgan fingerprint density at radius 3 is 2.47 bits per heavy atom. The van der Waals surface area contributed by atoms with Crippen LogP contribution in [0.25, 0.3) is 0 Å². The lowest BCUT2D eigenvalue weighted by atomic mass is 9.94. The van der Waals surface area contributed by atoms with Crippen molar-refractivity contribution in [2.75, 3.05) is 6.54 Å². The molecule has 0 radical (unpaired) electrons. The molecule has 0 saturated heterocycles. The summed E-state index contributed by atoms with van der Waals surface area (Å²) in [6, 6.07) is 1.46. The van der Waals surface area contributed by atoms with Gasteiger partial charge in [-0.3, -0.25) is 9.59 Å². The molecule has 1 aromatic heterocycles. The Labute approximate surface area is 113 Å². The highest BCUT2D eigenvalue weighted by molar-refractivity contribution is 7.20. The molecule has 2 N–H and O–H groups in total. The van der Waals surface area contributed by atoms with E-state index in [2.05, 4.69) is 5.32 Å². The van der Waals surface area contributed by atoms with Crippen LogP contribution in [0.3, 0.4) is 0 Å². The molecule has 0 atom stereocenters. The van der Waals surface area contributed by atoms with E-state index in [9.17, 15) is 9.59 Å². The second-order valence-corrected chi connectivity index (χ2v) is 6.40. The van der Waals surface area contributed by atoms with Crippen molar-refractivity contribution >= 4 is 46.4 Å². The van der Waals surface area contributed by atoms with E-state index in [-0.39, 0.29) is 12.1 Å². The average molecular weight is 296 g/mol. The van der Waals surface area contributed by atoms with Gasteiger partial charge in [-0.05, 0) is 19.9 Å². The third-order valence-electron chi connectivity index (χ3n) is 2.17. The van der Waals surface area contributed by atoms with Crippen LogP contribution in [-0.4, -0.2) is 23.5 Å². The summed E-state index contributed by atoms with van der Waals surface area (Å²) < 4.78 is 0.707. The van der Waals surface area contributed by atoms with E-state index in [0.717, 1.165) is 11.3 Å². The van der Waals surface area contributed by atoms with Crippen molar-refractivity contribution in [3.63, 3.8) is 0 Å². The number of nitrogens with one attached hydrogen (secondary N) is 1. The Morgan fingerprint density at radius 2 is 2.06 bits per heavy atom. The van der Waals surface area contributed by atoms with Crippen molar-refractivity contribution in [1.82, 2.24) is 5.32 Å². The second kappa shape index (κ2) is 5.25. The van der Waals surface area contributed by atoms with Crippen molar-refractivity contribution in [2.24, 2.45) is 5.41 Å². The molecule has 1 heterocycles. The van der Waals surface area contributed by atoms with Gasteiger partial charge in [0.1, 0.15) is 4.34 Å². The highest BCUT2D eigenvalue weighted by atomic mass is 35.5. The van der Waals surface area contributed by atoms with Crippen molar-refractivity contribution in [2.45, 2.75) is 13.8 Å². The number of hydrogen-bond donors (Lipinski definition) is 2. The van der Waals surface area contributed by atoms with Crippen molar-refractivity contribution < 1.29 is 14.7 Å². The summed E-state index contributed by atoms with van der Waals surface area (Å²) in [5, 5.41) is 11.4. The molecule has 17 heavy (non-hydrogen) atoms. The molecule has 1 amide bonds. The number of thiophene rings is 1. The van der Waals surface area contributed by atoms with E-state index >= 15 is 0 Å². The Hall–Kier alpha value is -0.780. The highest BCUT2D eigenvalue weighted by Crippen LogP contribution is 2.31. The quantitative estimate of drug-likeness (QED) is 0.897. The molecule has 4 nitrogen and oxygen atoms in total. The molecule has 7 heteroatoms. The van der Waals surface area contributed by atoms with Crippen molar-refractivity contribution in [3.05, 3.63) is 20.3 Å². The largest absolute Gasteiger partial charge is 0.481 e. The van der Waals surface area contributed by atoms with Gasteiger partial charge >= 0.3 is 5.97 Å². The molecule has 0 bridgehead atoms. The molecule has 1 rings (SSSR count). The zero-order valence-electron chi connectivity index (χ0n) is 9.21. The van der Waals surface area contributed by atoms with Gasteiger partial charge in [0.05, 0.1) is 15.3 Å². The summed E-state index contributed by atoms with van der Waals surface area (Å²) in [6.07, 6.45) is 0. The fourth-order valence-electron chi connectivity index (χ4n) is 0.967. The molecule has 0 fully saturated rings. The van der Waals surface area contributed by atoms with Crippen LogP contribution >= 0.6 is 34.5 Å². The van der Waals surface area contributed by atoms with Gasteiger partial charge in [0, 0.05) is 6.54 Å². The van der Waals surface area contributed by atoms with Crippen molar-refractivity contribution in [1.29, 1.82) is 0 Å². The lowest BCUT2D eigenvalue weighted by Gasteiger charge is -2.19. The zero-order valence-corrected chi connectivity index (χ0v) is 11.5. The normalized spacial score (nSPS) is 11.3. The Morgan fingerprint density at radius 1 is 1.47 bits per heavy atom. The summed E-state index contributed by atoms with van der Waals surface area (Å²) in [6.45, 7) is 3.07. The first-order valence-electron chi connectivity index (χ1n) is 4.70. The first-order valence-corrected chi connectivity index (χ1v) is 6.27. The number of carboxylic acids is 1. The third-order valence-corrected chi connectivity index (χ3v) is 3.66. The van der Waals surface area contributed by atoms with Gasteiger partial charge in [0.15, 0.2) is 0 Å². The third kappa shape index (κ3) is 3.59. The fourth-order valence-corrected chi connectivity index (χ4v) is 2.43. The van der Waals surface area contributed by atoms with E-state index in [0.29, 0.717) is 8.67 Å². The predicted octanol–water partition coefficient (Wildman–Crippen LogP) is 2.90. The summed E-state index contributed by atoms with van der Waals surface area (Å²) in [5.74, 6) is -1.40. The van der Waals surface area contributed by atoms with Crippen LogP contribution in [0.1, 0.15) is 24.2 Å². The number of aliphatic carboxylic acids is 1. The predicted molar refractivity (Wildman–Crippen MR) is 68.1 cm³/mol. The maximum Gasteiger partial charge on any atom is 0.310 e. The first-order chi connectivity index (χ1) is 7.74. The molecular formula is C10H11Cl2NO3S. The standard InChI is InChI=1S/C10H11Cl2NO3S/c1-10(2,9(15)16)4-13-8(14)5-3-6(11)17-7(5)12/h3H,4H2,1-2H3,(H,13,14)(H,15,16). The van der Waals surface area contributed by atoms with Crippen LogP contribution in [0.4, 0.5) is 0 Å². The summed E-state index contributed by atoms with van der Waals surface area (Å²) in [5.41, 5.74) is -0.759. The molecule has 0 aliphatic rings. The number of carbonyl (C=O) groups is 2. The van der Waals surface area contributed by atoms with Crippen LogP contribution in [0.15, 0.2) is 6.07 Å². The van der Waals surface area contributed by atoms with Crippen LogP contribution in [0, 0.1) is 5.41 Å². The molecule has 0 aliphatic heterocycles. The Kier molecular flexibility index (Phi) is 4.41. The number of carboxylic acid groups (broad SMARTS) is 1. The first kappa shape index (κ1) is 14.3. The average Bonchev–Trinajstić information content (AvgIpc) is 2.54. The second-order valence-electron chi connectivity index (χ2n) is 4.11. The van der Waals surface area contributed by atoms with E-state index in [1.54, 1.807) is 0 Å². The van der Waals surface area contributed by atoms with E-state index < -0.39 is 17.3 Å². The number of amides is 1. The number of carbonyl (C=O) groups excluding carboxylic acids is 1. The fraction of sp³-hybridized carbons (Fsp3) is 0.400. The maximum atomic E-state index is 11.7. The Balaban J connectivity index is 2.68. The Bertz CT molecular complexity index is 456. The minimum atomic E-state index is -1.03. The molecule has 0 spiro atoms. The number of halogens is 2. The smallest absolute Gasteiger partial charge is 0.310 e. The van der Waals surface area contributed by atoms with Gasteiger partial charge in [0.25, 0.3) is 5.91 Å².